The maximum Gasteiger partial charge on any atom is 0.321 e. The van der Waals surface area contributed by atoms with Crippen LogP contribution < -0.4 is 20.9 Å². The number of nitrogens with zero attached hydrogens (tertiary/aromatic N) is 1. The summed E-state index contributed by atoms with van der Waals surface area (Å²) >= 11 is 0. The molecule has 1 aliphatic heterocycles. The summed E-state index contributed by atoms with van der Waals surface area (Å²) in [5, 5.41) is 8.73. The third kappa shape index (κ3) is 3.98. The van der Waals surface area contributed by atoms with Crippen LogP contribution in [0.5, 0.6) is 0 Å². The summed E-state index contributed by atoms with van der Waals surface area (Å²) in [6.45, 7) is 4.01. The van der Waals surface area contributed by atoms with Crippen molar-refractivity contribution < 1.29 is 9.59 Å². The average molecular weight is 304 g/mol. The topological polar surface area (TPSA) is 73.5 Å². The molecule has 0 fully saturated rings. The molecule has 6 nitrogen and oxygen atoms in total. The maximum atomic E-state index is 12.0. The van der Waals surface area contributed by atoms with Gasteiger partial charge in [-0.2, -0.15) is 0 Å². The molecule has 22 heavy (non-hydrogen) atoms. The molecule has 1 heterocycles. The fraction of sp³-hybridized carbons (Fsp3) is 0.500. The number of hydrogen-bond donors (Lipinski definition) is 3. The number of amides is 3. The molecule has 3 amide bonds. The molecule has 0 aliphatic carbocycles. The number of nitrogens with one attached hydrogen (secondary N) is 3. The van der Waals surface area contributed by atoms with Gasteiger partial charge in [0.2, 0.25) is 5.91 Å². The minimum absolute atomic E-state index is 0.00208. The Bertz CT molecular complexity index is 545. The molecule has 0 spiro atoms. The van der Waals surface area contributed by atoms with E-state index in [2.05, 4.69) is 16.0 Å². The van der Waals surface area contributed by atoms with Crippen LogP contribution in [0.1, 0.15) is 25.3 Å². The minimum Gasteiger partial charge on any atom is -0.338 e. The second-order valence-corrected chi connectivity index (χ2v) is 5.34. The van der Waals surface area contributed by atoms with Gasteiger partial charge < -0.3 is 16.0 Å². The molecule has 1 aromatic carbocycles. The lowest BCUT2D eigenvalue weighted by atomic mass is 10.1. The Morgan fingerprint density at radius 2 is 2.14 bits per heavy atom. The third-order valence-electron chi connectivity index (χ3n) is 3.67. The highest BCUT2D eigenvalue weighted by atomic mass is 16.2. The highest BCUT2D eigenvalue weighted by Crippen LogP contribution is 2.30. The first-order valence-electron chi connectivity index (χ1n) is 7.78. The van der Waals surface area contributed by atoms with Crippen molar-refractivity contribution in [3.8, 4) is 0 Å². The molecule has 0 bridgehead atoms. The standard InChI is InChI=1S/C16H24N4O2/c1-3-18-16(22)20-10-8-12-6-7-13(11-14(12)20)19-15(21)5-4-9-17-2/h6-7,11,17H,3-5,8-10H2,1-2H3,(H,18,22)(H,19,21). The molecule has 0 radical (unpaired) electrons. The zero-order valence-electron chi connectivity index (χ0n) is 13.2. The Kier molecular flexibility index (Phi) is 5.77. The SMILES string of the molecule is CCNC(=O)N1CCc2ccc(NC(=O)CCCNC)cc21. The first-order chi connectivity index (χ1) is 10.7. The second-order valence-electron chi connectivity index (χ2n) is 5.34. The summed E-state index contributed by atoms with van der Waals surface area (Å²) in [5.74, 6) is -0.00208. The lowest BCUT2D eigenvalue weighted by Gasteiger charge is -2.18. The van der Waals surface area contributed by atoms with Gasteiger partial charge in [0.25, 0.3) is 0 Å². The summed E-state index contributed by atoms with van der Waals surface area (Å²) in [6.07, 6.45) is 2.14. The smallest absolute Gasteiger partial charge is 0.321 e. The highest BCUT2D eigenvalue weighted by Gasteiger charge is 2.24. The Morgan fingerprint density at radius 1 is 1.32 bits per heavy atom. The summed E-state index contributed by atoms with van der Waals surface area (Å²) in [4.78, 5) is 25.6. The molecule has 6 heteroatoms. The predicted molar refractivity (Wildman–Crippen MR) is 88.4 cm³/mol. The van der Waals surface area contributed by atoms with Crippen molar-refractivity contribution >= 4 is 23.3 Å². The van der Waals surface area contributed by atoms with E-state index in [0.29, 0.717) is 19.5 Å². The van der Waals surface area contributed by atoms with Crippen molar-refractivity contribution in [2.75, 3.05) is 36.9 Å². The molecule has 1 aliphatic rings. The zero-order valence-corrected chi connectivity index (χ0v) is 13.2. The number of hydrogen-bond acceptors (Lipinski definition) is 3. The Balaban J connectivity index is 2.02. The van der Waals surface area contributed by atoms with Crippen LogP contribution in [0.4, 0.5) is 16.2 Å². The third-order valence-corrected chi connectivity index (χ3v) is 3.67. The molecule has 1 aromatic rings. The first-order valence-corrected chi connectivity index (χ1v) is 7.78. The molecule has 0 aromatic heterocycles. The van der Waals surface area contributed by atoms with Gasteiger partial charge in [0.15, 0.2) is 0 Å². The monoisotopic (exact) mass is 304 g/mol. The zero-order chi connectivity index (χ0) is 15.9. The average Bonchev–Trinajstić information content (AvgIpc) is 2.91. The van der Waals surface area contributed by atoms with E-state index in [9.17, 15) is 9.59 Å². The van der Waals surface area contributed by atoms with Gasteiger partial charge in [0.05, 0.1) is 5.69 Å². The Labute approximate surface area is 131 Å². The lowest BCUT2D eigenvalue weighted by molar-refractivity contribution is -0.116. The molecule has 120 valence electrons. The van der Waals surface area contributed by atoms with Gasteiger partial charge in [0, 0.05) is 25.2 Å². The van der Waals surface area contributed by atoms with Gasteiger partial charge in [-0.3, -0.25) is 9.69 Å². The molecule has 3 N–H and O–H groups in total. The van der Waals surface area contributed by atoms with Crippen molar-refractivity contribution in [2.45, 2.75) is 26.2 Å². The Morgan fingerprint density at radius 3 is 2.86 bits per heavy atom. The summed E-state index contributed by atoms with van der Waals surface area (Å²) < 4.78 is 0. The summed E-state index contributed by atoms with van der Waals surface area (Å²) in [6, 6.07) is 5.68. The van der Waals surface area contributed by atoms with Gasteiger partial charge in [-0.1, -0.05) is 6.07 Å². The van der Waals surface area contributed by atoms with Crippen LogP contribution in [-0.2, 0) is 11.2 Å². The van der Waals surface area contributed by atoms with Crippen molar-refractivity contribution in [3.05, 3.63) is 23.8 Å². The highest BCUT2D eigenvalue weighted by molar-refractivity contribution is 5.96. The van der Waals surface area contributed by atoms with Crippen LogP contribution in [0.2, 0.25) is 0 Å². The summed E-state index contributed by atoms with van der Waals surface area (Å²) in [7, 11) is 1.87. The van der Waals surface area contributed by atoms with E-state index in [4.69, 9.17) is 0 Å². The predicted octanol–water partition coefficient (Wildman–Crippen LogP) is 1.72. The van der Waals surface area contributed by atoms with Crippen LogP contribution in [0.3, 0.4) is 0 Å². The molecular formula is C16H24N4O2. The second kappa shape index (κ2) is 7.79. The largest absolute Gasteiger partial charge is 0.338 e. The normalized spacial score (nSPS) is 12.9. The number of carbonyl (C=O) groups excluding carboxylic acids is 2. The van der Waals surface area contributed by atoms with Crippen LogP contribution in [-0.4, -0.2) is 38.6 Å². The fourth-order valence-electron chi connectivity index (χ4n) is 2.56. The maximum absolute atomic E-state index is 12.0. The van der Waals surface area contributed by atoms with E-state index in [1.165, 1.54) is 0 Å². The lowest BCUT2D eigenvalue weighted by Crippen LogP contribution is -2.38. The van der Waals surface area contributed by atoms with Crippen molar-refractivity contribution in [2.24, 2.45) is 0 Å². The number of benzene rings is 1. The van der Waals surface area contributed by atoms with Gasteiger partial charge in [-0.05, 0) is 51.1 Å². The van der Waals surface area contributed by atoms with Crippen molar-refractivity contribution in [3.63, 3.8) is 0 Å². The number of carbonyl (C=O) groups is 2. The first kappa shape index (κ1) is 16.3. The van der Waals surface area contributed by atoms with E-state index < -0.39 is 0 Å². The van der Waals surface area contributed by atoms with E-state index >= 15 is 0 Å². The van der Waals surface area contributed by atoms with Gasteiger partial charge in [0.1, 0.15) is 0 Å². The molecule has 0 saturated heterocycles. The van der Waals surface area contributed by atoms with Crippen LogP contribution in [0, 0.1) is 0 Å². The minimum atomic E-state index is -0.0845. The summed E-state index contributed by atoms with van der Waals surface area (Å²) in [5.41, 5.74) is 2.77. The van der Waals surface area contributed by atoms with E-state index in [-0.39, 0.29) is 11.9 Å². The fourth-order valence-corrected chi connectivity index (χ4v) is 2.56. The quantitative estimate of drug-likeness (QED) is 0.701. The van der Waals surface area contributed by atoms with Crippen LogP contribution in [0.25, 0.3) is 0 Å². The van der Waals surface area contributed by atoms with E-state index in [1.807, 2.05) is 32.2 Å². The van der Waals surface area contributed by atoms with Gasteiger partial charge in [-0.15, -0.1) is 0 Å². The number of anilines is 2. The molecule has 0 saturated carbocycles. The Hall–Kier alpha value is -2.08. The molecule has 0 unspecified atom stereocenters. The molecule has 2 rings (SSSR count). The molecule has 0 atom stereocenters. The number of urea groups is 1. The van der Waals surface area contributed by atoms with Gasteiger partial charge >= 0.3 is 6.03 Å². The van der Waals surface area contributed by atoms with Gasteiger partial charge in [-0.25, -0.2) is 4.79 Å². The van der Waals surface area contributed by atoms with E-state index in [0.717, 1.165) is 36.3 Å². The van der Waals surface area contributed by atoms with Crippen molar-refractivity contribution in [1.82, 2.24) is 10.6 Å². The van der Waals surface area contributed by atoms with E-state index in [1.54, 1.807) is 4.90 Å². The number of fused-ring (bicyclic) bond motifs is 1. The van der Waals surface area contributed by atoms with Crippen molar-refractivity contribution in [1.29, 1.82) is 0 Å². The number of rotatable bonds is 6. The van der Waals surface area contributed by atoms with Crippen LogP contribution in [0.15, 0.2) is 18.2 Å². The van der Waals surface area contributed by atoms with Crippen LogP contribution >= 0.6 is 0 Å². The molecular weight excluding hydrogens is 280 g/mol.